The van der Waals surface area contributed by atoms with Gasteiger partial charge in [0.1, 0.15) is 0 Å². The van der Waals surface area contributed by atoms with Gasteiger partial charge < -0.3 is 9.84 Å². The second-order valence-corrected chi connectivity index (χ2v) is 11.8. The van der Waals surface area contributed by atoms with Crippen molar-refractivity contribution in [2.75, 3.05) is 12.0 Å². The molecule has 198 valence electrons. The molecule has 39 heavy (non-hydrogen) atoms. The van der Waals surface area contributed by atoms with Crippen LogP contribution in [0.5, 0.6) is 11.5 Å². The van der Waals surface area contributed by atoms with Crippen LogP contribution < -0.4 is 9.64 Å². The first kappa shape index (κ1) is 26.0. The summed E-state index contributed by atoms with van der Waals surface area (Å²) in [5, 5.41) is 10.6. The molecule has 9 heteroatoms. The van der Waals surface area contributed by atoms with Crippen molar-refractivity contribution in [3.8, 4) is 11.5 Å². The largest absolute Gasteiger partial charge is 0.503 e. The van der Waals surface area contributed by atoms with Crippen LogP contribution in [-0.2, 0) is 19.2 Å². The molecule has 1 heterocycles. The van der Waals surface area contributed by atoms with Gasteiger partial charge in [-0.15, -0.1) is 0 Å². The molecule has 2 aromatic carbocycles. The van der Waals surface area contributed by atoms with Crippen molar-refractivity contribution in [3.63, 3.8) is 0 Å². The molecule has 0 saturated carbocycles. The van der Waals surface area contributed by atoms with Gasteiger partial charge in [-0.2, -0.15) is 0 Å². The van der Waals surface area contributed by atoms with Crippen LogP contribution in [0, 0.1) is 17.8 Å². The standard InChI is InChI=1S/C30H23Br2NO6/c1-13-10-20(34)24-19(27(13)35)11-17-15(22(24)18-12-21(39-2)28(36)26(32)25(18)31)8-9-16-23(17)30(38)33(29(16)37)14-6-4-3-5-7-14/h3-8,10,12,16-17,22-23,36H,9,11H2,1-2H3/t16-,17+,22+,23-/m0/s1. The lowest BCUT2D eigenvalue weighted by atomic mass is 9.59. The zero-order valence-electron chi connectivity index (χ0n) is 21.0. The van der Waals surface area contributed by atoms with Crippen LogP contribution in [0.25, 0.3) is 0 Å². The third-order valence-corrected chi connectivity index (χ3v) is 10.4. The molecule has 0 unspecified atom stereocenters. The molecule has 1 aliphatic heterocycles. The number of benzene rings is 2. The normalized spacial score (nSPS) is 26.2. The van der Waals surface area contributed by atoms with Crippen molar-refractivity contribution in [2.45, 2.75) is 25.7 Å². The number of phenols is 1. The van der Waals surface area contributed by atoms with Gasteiger partial charge in [0.05, 0.1) is 29.1 Å². The van der Waals surface area contributed by atoms with E-state index in [0.717, 1.165) is 5.57 Å². The Hall–Kier alpha value is -3.30. The predicted octanol–water partition coefficient (Wildman–Crippen LogP) is 5.56. The lowest BCUT2D eigenvalue weighted by molar-refractivity contribution is -0.123. The summed E-state index contributed by atoms with van der Waals surface area (Å²) in [5.74, 6) is -3.28. The van der Waals surface area contributed by atoms with Crippen molar-refractivity contribution >= 4 is 60.9 Å². The number of rotatable bonds is 3. The second kappa shape index (κ2) is 9.41. The van der Waals surface area contributed by atoms with Crippen LogP contribution in [0.4, 0.5) is 5.69 Å². The van der Waals surface area contributed by atoms with Crippen molar-refractivity contribution in [3.05, 3.63) is 85.4 Å². The van der Waals surface area contributed by atoms with Crippen molar-refractivity contribution in [1.82, 2.24) is 0 Å². The third kappa shape index (κ3) is 3.73. The third-order valence-electron chi connectivity index (χ3n) is 8.28. The zero-order chi connectivity index (χ0) is 27.7. The number of carbonyl (C=O) groups is 4. The molecule has 2 amide bonds. The van der Waals surface area contributed by atoms with E-state index in [9.17, 15) is 24.3 Å². The van der Waals surface area contributed by atoms with E-state index in [1.54, 1.807) is 37.3 Å². The Labute approximate surface area is 241 Å². The number of ether oxygens (including phenoxy) is 1. The lowest BCUT2D eigenvalue weighted by Gasteiger charge is -2.42. The van der Waals surface area contributed by atoms with E-state index in [2.05, 4.69) is 31.9 Å². The van der Waals surface area contributed by atoms with E-state index in [4.69, 9.17) is 4.74 Å². The Morgan fingerprint density at radius 1 is 1.00 bits per heavy atom. The number of ketones is 2. The summed E-state index contributed by atoms with van der Waals surface area (Å²) in [6.45, 7) is 1.62. The van der Waals surface area contributed by atoms with E-state index < -0.39 is 23.7 Å². The molecule has 3 aliphatic carbocycles. The fraction of sp³-hybridized carbons (Fsp3) is 0.267. The molecule has 0 aromatic heterocycles. The zero-order valence-corrected chi connectivity index (χ0v) is 24.2. The average molecular weight is 653 g/mol. The number of para-hydroxylation sites is 1. The lowest BCUT2D eigenvalue weighted by Crippen LogP contribution is -2.40. The molecular weight excluding hydrogens is 630 g/mol. The molecule has 1 saturated heterocycles. The topological polar surface area (TPSA) is 101 Å². The summed E-state index contributed by atoms with van der Waals surface area (Å²) in [6, 6.07) is 10.5. The molecule has 6 rings (SSSR count). The first-order valence-corrected chi connectivity index (χ1v) is 14.1. The van der Waals surface area contributed by atoms with E-state index in [-0.39, 0.29) is 41.3 Å². The van der Waals surface area contributed by atoms with Crippen molar-refractivity contribution < 1.29 is 29.0 Å². The SMILES string of the molecule is COc1cc([C@H]2C3=CC[C@@H]4C(=O)N(c5ccccc5)C(=O)[C@@H]4[C@@H]3CC3=C2C(=O)C=C(C)C3=O)c(Br)c(Br)c1O. The smallest absolute Gasteiger partial charge is 0.238 e. The number of halogens is 2. The van der Waals surface area contributed by atoms with E-state index in [1.807, 2.05) is 12.1 Å². The number of anilines is 1. The van der Waals surface area contributed by atoms with Crippen LogP contribution in [0.2, 0.25) is 0 Å². The number of nitrogens with zero attached hydrogens (tertiary/aromatic N) is 1. The van der Waals surface area contributed by atoms with Crippen LogP contribution >= 0.6 is 31.9 Å². The highest BCUT2D eigenvalue weighted by molar-refractivity contribution is 9.13. The van der Waals surface area contributed by atoms with E-state index in [1.165, 1.54) is 18.1 Å². The quantitative estimate of drug-likeness (QED) is 0.265. The summed E-state index contributed by atoms with van der Waals surface area (Å²) in [6.07, 6.45) is 3.87. The summed E-state index contributed by atoms with van der Waals surface area (Å²) in [5.41, 5.74) is 3.04. The molecule has 0 spiro atoms. The first-order chi connectivity index (χ1) is 18.6. The van der Waals surface area contributed by atoms with E-state index >= 15 is 0 Å². The van der Waals surface area contributed by atoms with Crippen LogP contribution in [0.15, 0.2) is 79.8 Å². The number of allylic oxidation sites excluding steroid dienone is 6. The Bertz CT molecular complexity index is 1590. The summed E-state index contributed by atoms with van der Waals surface area (Å²) >= 11 is 6.99. The number of aromatic hydroxyl groups is 1. The number of carbonyl (C=O) groups excluding carboxylic acids is 4. The van der Waals surface area contributed by atoms with Gasteiger partial charge in [0.15, 0.2) is 23.1 Å². The fourth-order valence-corrected chi connectivity index (χ4v) is 7.50. The molecule has 1 fully saturated rings. The molecule has 4 aliphatic rings. The minimum atomic E-state index is -0.672. The number of phenolic OH excluding ortho intramolecular Hbond substituents is 1. The summed E-state index contributed by atoms with van der Waals surface area (Å²) in [7, 11) is 1.43. The van der Waals surface area contributed by atoms with Gasteiger partial charge in [-0.3, -0.25) is 24.1 Å². The van der Waals surface area contributed by atoms with Crippen LogP contribution in [0.1, 0.15) is 31.2 Å². The summed E-state index contributed by atoms with van der Waals surface area (Å²) in [4.78, 5) is 55.7. The number of imide groups is 1. The number of Topliss-reactive ketones (excluding diaryl/α,β-unsaturated/α-hetero) is 1. The predicted molar refractivity (Wildman–Crippen MR) is 150 cm³/mol. The Kier molecular flexibility index (Phi) is 6.26. The van der Waals surface area contributed by atoms with Gasteiger partial charge >= 0.3 is 0 Å². The minimum absolute atomic E-state index is 0.107. The molecule has 7 nitrogen and oxygen atoms in total. The monoisotopic (exact) mass is 651 g/mol. The molecular formula is C30H23Br2NO6. The van der Waals surface area contributed by atoms with Crippen LogP contribution in [-0.4, -0.2) is 35.6 Å². The number of hydrogen-bond acceptors (Lipinski definition) is 6. The molecule has 0 bridgehead atoms. The van der Waals surface area contributed by atoms with Gasteiger partial charge in [-0.05, 0) is 87.4 Å². The maximum Gasteiger partial charge on any atom is 0.238 e. The fourth-order valence-electron chi connectivity index (χ4n) is 6.55. The number of amides is 2. The highest BCUT2D eigenvalue weighted by atomic mass is 79.9. The van der Waals surface area contributed by atoms with Crippen molar-refractivity contribution in [1.29, 1.82) is 0 Å². The molecule has 1 N–H and O–H groups in total. The maximum atomic E-state index is 13.9. The Balaban J connectivity index is 1.55. The summed E-state index contributed by atoms with van der Waals surface area (Å²) < 4.78 is 6.26. The number of fused-ring (bicyclic) bond motifs is 3. The van der Waals surface area contributed by atoms with Gasteiger partial charge in [-0.1, -0.05) is 29.8 Å². The highest BCUT2D eigenvalue weighted by Gasteiger charge is 2.56. The Morgan fingerprint density at radius 3 is 2.41 bits per heavy atom. The van der Waals surface area contributed by atoms with Gasteiger partial charge in [0, 0.05) is 27.1 Å². The number of hydrogen-bond donors (Lipinski definition) is 1. The minimum Gasteiger partial charge on any atom is -0.503 e. The van der Waals surface area contributed by atoms with Gasteiger partial charge in [0.2, 0.25) is 11.8 Å². The average Bonchev–Trinajstić information content (AvgIpc) is 3.19. The van der Waals surface area contributed by atoms with Crippen LogP contribution in [0.3, 0.4) is 0 Å². The first-order valence-electron chi connectivity index (χ1n) is 12.5. The highest BCUT2D eigenvalue weighted by Crippen LogP contribution is 2.57. The van der Waals surface area contributed by atoms with Gasteiger partial charge in [0.25, 0.3) is 0 Å². The van der Waals surface area contributed by atoms with Gasteiger partial charge in [-0.25, -0.2) is 0 Å². The second-order valence-electron chi connectivity index (χ2n) is 10.2. The van der Waals surface area contributed by atoms with Crippen molar-refractivity contribution in [2.24, 2.45) is 17.8 Å². The molecule has 0 radical (unpaired) electrons. The van der Waals surface area contributed by atoms with E-state index in [0.29, 0.717) is 43.3 Å². The maximum absolute atomic E-state index is 13.9. The molecule has 4 atom stereocenters. The molecule has 2 aromatic rings. The Morgan fingerprint density at radius 2 is 1.72 bits per heavy atom. The number of methoxy groups -OCH3 is 1.